The largest absolute Gasteiger partial charge is 0.465 e. The highest BCUT2D eigenvalue weighted by molar-refractivity contribution is 9.10. The van der Waals surface area contributed by atoms with E-state index in [1.54, 1.807) is 6.92 Å². The van der Waals surface area contributed by atoms with Gasteiger partial charge in [0.2, 0.25) is 0 Å². The summed E-state index contributed by atoms with van der Waals surface area (Å²) in [5, 5.41) is 0. The normalized spacial score (nSPS) is 14.8. The van der Waals surface area contributed by atoms with Gasteiger partial charge in [-0.3, -0.25) is 4.79 Å². The van der Waals surface area contributed by atoms with Crippen LogP contribution in [0.5, 0.6) is 0 Å². The zero-order valence-electron chi connectivity index (χ0n) is 8.31. The third-order valence-corrected chi connectivity index (χ3v) is 3.43. The third-order valence-electron chi connectivity index (χ3n) is 1.75. The van der Waals surface area contributed by atoms with E-state index in [4.69, 9.17) is 27.9 Å². The van der Waals surface area contributed by atoms with E-state index in [1.807, 2.05) is 13.8 Å². The second kappa shape index (κ2) is 5.99. The Hall–Kier alpha value is 0.270. The Labute approximate surface area is 103 Å². The van der Waals surface area contributed by atoms with E-state index in [-0.39, 0.29) is 16.4 Å². The Kier molecular flexibility index (Phi) is 6.10. The number of esters is 1. The maximum atomic E-state index is 11.6. The summed E-state index contributed by atoms with van der Waals surface area (Å²) in [6, 6.07) is 0. The Morgan fingerprint density at radius 2 is 2.07 bits per heavy atom. The molecule has 1 unspecified atom stereocenters. The first-order valence-corrected chi connectivity index (χ1v) is 5.79. The molecule has 0 bridgehead atoms. The van der Waals surface area contributed by atoms with E-state index in [1.165, 1.54) is 6.08 Å². The predicted molar refractivity (Wildman–Crippen MR) is 62.9 cm³/mol. The van der Waals surface area contributed by atoms with Gasteiger partial charge in [0, 0.05) is 0 Å². The van der Waals surface area contributed by atoms with Crippen molar-refractivity contribution in [1.29, 1.82) is 0 Å². The molecular formula is C9H13BrCl2O2. The van der Waals surface area contributed by atoms with Crippen LogP contribution in [0, 0.1) is 5.92 Å². The number of ether oxygens (including phenoxy) is 1. The quantitative estimate of drug-likeness (QED) is 0.585. The van der Waals surface area contributed by atoms with Crippen LogP contribution in [0.4, 0.5) is 0 Å². The van der Waals surface area contributed by atoms with Crippen LogP contribution in [0.1, 0.15) is 20.8 Å². The zero-order valence-corrected chi connectivity index (χ0v) is 11.4. The number of halogens is 3. The van der Waals surface area contributed by atoms with Crippen molar-refractivity contribution >= 4 is 45.1 Å². The van der Waals surface area contributed by atoms with Gasteiger partial charge in [0.15, 0.2) is 0 Å². The van der Waals surface area contributed by atoms with Gasteiger partial charge in [-0.25, -0.2) is 0 Å². The topological polar surface area (TPSA) is 26.3 Å². The number of carbonyl (C=O) groups is 1. The molecule has 0 saturated heterocycles. The fraction of sp³-hybridized carbons (Fsp3) is 0.667. The van der Waals surface area contributed by atoms with Gasteiger partial charge in [-0.05, 0) is 18.9 Å². The highest BCUT2D eigenvalue weighted by Crippen LogP contribution is 2.33. The summed E-state index contributed by atoms with van der Waals surface area (Å²) in [5.74, 6) is -0.386. The summed E-state index contributed by atoms with van der Waals surface area (Å²) in [4.78, 5) is 11.6. The molecule has 0 amide bonds. The maximum absolute atomic E-state index is 11.6. The van der Waals surface area contributed by atoms with Crippen molar-refractivity contribution in [2.24, 2.45) is 5.92 Å². The second-order valence-electron chi connectivity index (χ2n) is 3.08. The number of carbonyl (C=O) groups excluding carboxylic acids is 1. The van der Waals surface area contributed by atoms with Crippen LogP contribution in [-0.4, -0.2) is 16.9 Å². The summed E-state index contributed by atoms with van der Waals surface area (Å²) < 4.78 is 4.02. The van der Waals surface area contributed by atoms with E-state index in [0.717, 1.165) is 0 Å². The van der Waals surface area contributed by atoms with Crippen LogP contribution in [-0.2, 0) is 9.53 Å². The van der Waals surface area contributed by atoms with Gasteiger partial charge >= 0.3 is 5.97 Å². The molecule has 14 heavy (non-hydrogen) atoms. The molecule has 0 N–H and O–H groups in total. The molecule has 2 nitrogen and oxygen atoms in total. The van der Waals surface area contributed by atoms with Crippen LogP contribution < -0.4 is 0 Å². The van der Waals surface area contributed by atoms with Crippen LogP contribution in [0.3, 0.4) is 0 Å². The Morgan fingerprint density at radius 1 is 1.57 bits per heavy atom. The average molecular weight is 304 g/mol. The van der Waals surface area contributed by atoms with Gasteiger partial charge < -0.3 is 4.74 Å². The van der Waals surface area contributed by atoms with Crippen LogP contribution in [0.2, 0.25) is 0 Å². The minimum atomic E-state index is -0.943. The van der Waals surface area contributed by atoms with Crippen molar-refractivity contribution in [2.45, 2.75) is 25.1 Å². The lowest BCUT2D eigenvalue weighted by molar-refractivity contribution is -0.145. The number of alkyl halides is 1. The summed E-state index contributed by atoms with van der Waals surface area (Å²) in [6.07, 6.45) is 1.44. The summed E-state index contributed by atoms with van der Waals surface area (Å²) in [6.45, 7) is 5.82. The molecular weight excluding hydrogens is 291 g/mol. The van der Waals surface area contributed by atoms with Gasteiger partial charge in [-0.15, -0.1) is 0 Å². The van der Waals surface area contributed by atoms with Crippen molar-refractivity contribution in [3.05, 3.63) is 10.6 Å². The van der Waals surface area contributed by atoms with E-state index >= 15 is 0 Å². The van der Waals surface area contributed by atoms with E-state index in [2.05, 4.69) is 15.9 Å². The van der Waals surface area contributed by atoms with Crippen molar-refractivity contribution < 1.29 is 9.53 Å². The van der Waals surface area contributed by atoms with E-state index in [9.17, 15) is 4.79 Å². The lowest BCUT2D eigenvalue weighted by Crippen LogP contribution is -2.37. The standard InChI is InChI=1S/C9H13BrCl2O2/c1-4-14-8(13)9(10,6(2)3)5-7(11)12/h5-6H,4H2,1-3H3. The van der Waals surface area contributed by atoms with Crippen molar-refractivity contribution in [3.8, 4) is 0 Å². The minimum absolute atomic E-state index is 0.00551. The first-order valence-electron chi connectivity index (χ1n) is 4.24. The van der Waals surface area contributed by atoms with Crippen molar-refractivity contribution in [2.75, 3.05) is 6.61 Å². The molecule has 0 aliphatic carbocycles. The fourth-order valence-electron chi connectivity index (χ4n) is 0.862. The van der Waals surface area contributed by atoms with Gasteiger partial charge in [-0.1, -0.05) is 53.0 Å². The molecule has 0 rings (SSSR count). The lowest BCUT2D eigenvalue weighted by atomic mass is 9.96. The molecule has 0 aliphatic rings. The first kappa shape index (κ1) is 14.3. The molecule has 0 aliphatic heterocycles. The molecule has 5 heteroatoms. The van der Waals surface area contributed by atoms with Crippen LogP contribution in [0.25, 0.3) is 0 Å². The average Bonchev–Trinajstić information content (AvgIpc) is 2.02. The van der Waals surface area contributed by atoms with Crippen LogP contribution in [0.15, 0.2) is 10.6 Å². The first-order chi connectivity index (χ1) is 6.34. The molecule has 0 radical (unpaired) electrons. The maximum Gasteiger partial charge on any atom is 0.327 e. The van der Waals surface area contributed by atoms with Crippen molar-refractivity contribution in [3.63, 3.8) is 0 Å². The summed E-state index contributed by atoms with van der Waals surface area (Å²) in [5.41, 5.74) is 0. The van der Waals surface area contributed by atoms with Gasteiger partial charge in [0.1, 0.15) is 8.82 Å². The number of hydrogen-bond acceptors (Lipinski definition) is 2. The van der Waals surface area contributed by atoms with Crippen molar-refractivity contribution in [1.82, 2.24) is 0 Å². The monoisotopic (exact) mass is 302 g/mol. The molecule has 0 fully saturated rings. The molecule has 0 saturated carbocycles. The minimum Gasteiger partial charge on any atom is -0.465 e. The molecule has 0 heterocycles. The van der Waals surface area contributed by atoms with Crippen LogP contribution >= 0.6 is 39.1 Å². The molecule has 1 atom stereocenters. The Balaban J connectivity index is 4.90. The Morgan fingerprint density at radius 3 is 2.36 bits per heavy atom. The molecule has 0 aromatic carbocycles. The van der Waals surface area contributed by atoms with E-state index in [0.29, 0.717) is 6.61 Å². The fourth-order valence-corrected chi connectivity index (χ4v) is 1.81. The molecule has 82 valence electrons. The zero-order chi connectivity index (χ0) is 11.4. The Bertz CT molecular complexity index is 237. The van der Waals surface area contributed by atoms with Gasteiger partial charge in [0.25, 0.3) is 0 Å². The molecule has 0 aromatic heterocycles. The highest BCUT2D eigenvalue weighted by atomic mass is 79.9. The second-order valence-corrected chi connectivity index (χ2v) is 5.40. The highest BCUT2D eigenvalue weighted by Gasteiger charge is 2.38. The SMILES string of the molecule is CCOC(=O)C(Br)(C=C(Cl)Cl)C(C)C. The molecule has 0 spiro atoms. The number of hydrogen-bond donors (Lipinski definition) is 0. The predicted octanol–water partition coefficient (Wildman–Crippen LogP) is 3.66. The molecule has 0 aromatic rings. The smallest absolute Gasteiger partial charge is 0.327 e. The van der Waals surface area contributed by atoms with E-state index < -0.39 is 4.32 Å². The summed E-state index contributed by atoms with van der Waals surface area (Å²) >= 11 is 14.4. The third kappa shape index (κ3) is 3.79. The lowest BCUT2D eigenvalue weighted by Gasteiger charge is -2.25. The number of rotatable bonds is 4. The summed E-state index contributed by atoms with van der Waals surface area (Å²) in [7, 11) is 0. The van der Waals surface area contributed by atoms with Gasteiger partial charge in [-0.2, -0.15) is 0 Å². The van der Waals surface area contributed by atoms with Gasteiger partial charge in [0.05, 0.1) is 6.61 Å².